The lowest BCUT2D eigenvalue weighted by Gasteiger charge is -2.34. The van der Waals surface area contributed by atoms with Gasteiger partial charge in [0.25, 0.3) is 11.5 Å². The molecule has 2 heterocycles. The molecule has 1 aliphatic heterocycles. The Morgan fingerprint density at radius 1 is 1.33 bits per heavy atom. The van der Waals surface area contributed by atoms with Crippen LogP contribution in [0, 0.1) is 0 Å². The molecule has 2 N–H and O–H groups in total. The van der Waals surface area contributed by atoms with Gasteiger partial charge in [0, 0.05) is 31.4 Å². The number of pyridine rings is 1. The molecule has 1 aliphatic carbocycles. The average molecular weight is 312 g/mol. The number of H-pyrrole nitrogens is 1. The number of hydrogen-bond acceptors (Lipinski definition) is 3. The number of halogens is 1. The van der Waals surface area contributed by atoms with Crippen LogP contribution in [0.15, 0.2) is 10.9 Å². The van der Waals surface area contributed by atoms with Crippen molar-refractivity contribution in [1.82, 2.24) is 15.2 Å². The van der Waals surface area contributed by atoms with E-state index < -0.39 is 0 Å². The Balaban J connectivity index is 0.00000161. The summed E-state index contributed by atoms with van der Waals surface area (Å²) < 4.78 is 0. The van der Waals surface area contributed by atoms with E-state index in [4.69, 9.17) is 0 Å². The molecule has 3 rings (SSSR count). The van der Waals surface area contributed by atoms with E-state index in [1.807, 2.05) is 13.0 Å². The molecule has 5 nitrogen and oxygen atoms in total. The highest BCUT2D eigenvalue weighted by molar-refractivity contribution is 5.94. The molecule has 116 valence electrons. The highest BCUT2D eigenvalue weighted by Gasteiger charge is 2.26. The zero-order valence-electron chi connectivity index (χ0n) is 12.3. The first-order chi connectivity index (χ1) is 9.66. The molecule has 0 bridgehead atoms. The van der Waals surface area contributed by atoms with Gasteiger partial charge in [-0.05, 0) is 44.2 Å². The first-order valence-corrected chi connectivity index (χ1v) is 7.43. The Labute approximate surface area is 130 Å². The standard InChI is InChI=1S/C15H21N3O2.ClH/c1-10-9-16-6-7-18(10)15(20)12-8-11-4-2-3-5-13(11)17-14(12)19;/h8,10,16H,2-7,9H2,1H3,(H,17,19);1H/t10-;/m1./s1. The summed E-state index contributed by atoms with van der Waals surface area (Å²) in [5, 5.41) is 3.26. The minimum absolute atomic E-state index is 0. The molecular formula is C15H22ClN3O2. The largest absolute Gasteiger partial charge is 0.333 e. The number of nitrogens with zero attached hydrogens (tertiary/aromatic N) is 1. The molecule has 1 amide bonds. The topological polar surface area (TPSA) is 65.2 Å². The van der Waals surface area contributed by atoms with Crippen molar-refractivity contribution >= 4 is 18.3 Å². The Bertz CT molecular complexity index is 585. The van der Waals surface area contributed by atoms with E-state index in [1.54, 1.807) is 4.90 Å². The number of carbonyl (C=O) groups is 1. The van der Waals surface area contributed by atoms with E-state index in [-0.39, 0.29) is 29.9 Å². The third-order valence-corrected chi connectivity index (χ3v) is 4.33. The minimum Gasteiger partial charge on any atom is -0.333 e. The molecule has 21 heavy (non-hydrogen) atoms. The summed E-state index contributed by atoms with van der Waals surface area (Å²) in [5.41, 5.74) is 2.23. The maximum atomic E-state index is 12.6. The fraction of sp³-hybridized carbons (Fsp3) is 0.600. The van der Waals surface area contributed by atoms with Crippen molar-refractivity contribution < 1.29 is 4.79 Å². The quantitative estimate of drug-likeness (QED) is 0.816. The Morgan fingerprint density at radius 3 is 2.86 bits per heavy atom. The number of nitrogens with one attached hydrogen (secondary N) is 2. The van der Waals surface area contributed by atoms with Gasteiger partial charge in [-0.15, -0.1) is 12.4 Å². The third-order valence-electron chi connectivity index (χ3n) is 4.33. The second-order valence-corrected chi connectivity index (χ2v) is 5.77. The normalized spacial score (nSPS) is 21.4. The molecule has 1 aromatic heterocycles. The number of amides is 1. The van der Waals surface area contributed by atoms with Gasteiger partial charge in [-0.3, -0.25) is 9.59 Å². The number of carbonyl (C=O) groups excluding carboxylic acids is 1. The lowest BCUT2D eigenvalue weighted by atomic mass is 9.94. The number of hydrogen-bond donors (Lipinski definition) is 2. The van der Waals surface area contributed by atoms with Crippen molar-refractivity contribution in [2.75, 3.05) is 19.6 Å². The monoisotopic (exact) mass is 311 g/mol. The first kappa shape index (κ1) is 16.0. The number of piperazine rings is 1. The second-order valence-electron chi connectivity index (χ2n) is 5.77. The summed E-state index contributed by atoms with van der Waals surface area (Å²) in [6.45, 7) is 4.25. The maximum absolute atomic E-state index is 12.6. The Hall–Kier alpha value is -1.33. The molecule has 2 aliphatic rings. The van der Waals surface area contributed by atoms with Crippen LogP contribution in [0.5, 0.6) is 0 Å². The van der Waals surface area contributed by atoms with Crippen molar-refractivity contribution in [1.29, 1.82) is 0 Å². The van der Waals surface area contributed by atoms with E-state index in [2.05, 4.69) is 10.3 Å². The lowest BCUT2D eigenvalue weighted by molar-refractivity contribution is 0.0653. The number of rotatable bonds is 1. The highest BCUT2D eigenvalue weighted by Crippen LogP contribution is 2.19. The zero-order chi connectivity index (χ0) is 14.1. The summed E-state index contributed by atoms with van der Waals surface area (Å²) >= 11 is 0. The van der Waals surface area contributed by atoms with Crippen LogP contribution in [-0.2, 0) is 12.8 Å². The number of aryl methyl sites for hydroxylation is 2. The number of aromatic nitrogens is 1. The van der Waals surface area contributed by atoms with Gasteiger partial charge in [0.1, 0.15) is 5.56 Å². The van der Waals surface area contributed by atoms with Gasteiger partial charge < -0.3 is 15.2 Å². The van der Waals surface area contributed by atoms with Gasteiger partial charge in [0.05, 0.1) is 0 Å². The SMILES string of the molecule is C[C@@H]1CNCCN1C(=O)c1cc2c([nH]c1=O)CCCC2.Cl. The molecule has 0 spiro atoms. The molecule has 1 atom stereocenters. The van der Waals surface area contributed by atoms with Crippen LogP contribution in [0.1, 0.15) is 41.4 Å². The molecule has 0 unspecified atom stereocenters. The summed E-state index contributed by atoms with van der Waals surface area (Å²) in [5.74, 6) is -0.131. The van der Waals surface area contributed by atoms with Crippen molar-refractivity contribution in [2.24, 2.45) is 0 Å². The van der Waals surface area contributed by atoms with Gasteiger partial charge in [-0.1, -0.05) is 0 Å². The third kappa shape index (κ3) is 3.14. The molecule has 1 saturated heterocycles. The molecule has 1 fully saturated rings. The predicted molar refractivity (Wildman–Crippen MR) is 84.3 cm³/mol. The van der Waals surface area contributed by atoms with Crippen molar-refractivity contribution in [3.05, 3.63) is 33.2 Å². The van der Waals surface area contributed by atoms with E-state index in [0.717, 1.165) is 50.0 Å². The van der Waals surface area contributed by atoms with Gasteiger partial charge >= 0.3 is 0 Å². The van der Waals surface area contributed by atoms with Crippen LogP contribution in [0.3, 0.4) is 0 Å². The van der Waals surface area contributed by atoms with Crippen LogP contribution in [0.4, 0.5) is 0 Å². The molecule has 1 aromatic rings. The molecular weight excluding hydrogens is 290 g/mol. The van der Waals surface area contributed by atoms with E-state index >= 15 is 0 Å². The predicted octanol–water partition coefficient (Wildman–Crippen LogP) is 1.11. The van der Waals surface area contributed by atoms with Crippen LogP contribution >= 0.6 is 12.4 Å². The van der Waals surface area contributed by atoms with Gasteiger partial charge in [-0.25, -0.2) is 0 Å². The zero-order valence-corrected chi connectivity index (χ0v) is 13.1. The summed E-state index contributed by atoms with van der Waals surface area (Å²) in [6, 6.07) is 1.96. The van der Waals surface area contributed by atoms with E-state index in [1.165, 1.54) is 0 Å². The van der Waals surface area contributed by atoms with Crippen LogP contribution in [-0.4, -0.2) is 41.5 Å². The lowest BCUT2D eigenvalue weighted by Crippen LogP contribution is -2.53. The van der Waals surface area contributed by atoms with Crippen molar-refractivity contribution in [3.63, 3.8) is 0 Å². The van der Waals surface area contributed by atoms with Gasteiger partial charge in [0.2, 0.25) is 0 Å². The highest BCUT2D eigenvalue weighted by atomic mass is 35.5. The van der Waals surface area contributed by atoms with Crippen molar-refractivity contribution in [2.45, 2.75) is 38.6 Å². The molecule has 0 saturated carbocycles. The first-order valence-electron chi connectivity index (χ1n) is 7.43. The molecule has 0 aromatic carbocycles. The van der Waals surface area contributed by atoms with Crippen LogP contribution < -0.4 is 10.9 Å². The fourth-order valence-electron chi connectivity index (χ4n) is 3.13. The second kappa shape index (κ2) is 6.62. The fourth-order valence-corrected chi connectivity index (χ4v) is 3.13. The number of aromatic amines is 1. The van der Waals surface area contributed by atoms with Crippen LogP contribution in [0.2, 0.25) is 0 Å². The number of fused-ring (bicyclic) bond motifs is 1. The summed E-state index contributed by atoms with van der Waals surface area (Å²) in [4.78, 5) is 29.5. The smallest absolute Gasteiger partial charge is 0.261 e. The average Bonchev–Trinajstić information content (AvgIpc) is 2.46. The van der Waals surface area contributed by atoms with Gasteiger partial charge in [0.15, 0.2) is 0 Å². The summed E-state index contributed by atoms with van der Waals surface area (Å²) in [6.07, 6.45) is 4.13. The maximum Gasteiger partial charge on any atom is 0.261 e. The van der Waals surface area contributed by atoms with E-state index in [0.29, 0.717) is 12.1 Å². The Morgan fingerprint density at radius 2 is 2.10 bits per heavy atom. The van der Waals surface area contributed by atoms with Crippen molar-refractivity contribution in [3.8, 4) is 0 Å². The van der Waals surface area contributed by atoms with E-state index in [9.17, 15) is 9.59 Å². The molecule has 0 radical (unpaired) electrons. The van der Waals surface area contributed by atoms with Crippen LogP contribution in [0.25, 0.3) is 0 Å². The van der Waals surface area contributed by atoms with Gasteiger partial charge in [-0.2, -0.15) is 0 Å². The Kier molecular flexibility index (Phi) is 5.06. The summed E-state index contributed by atoms with van der Waals surface area (Å²) in [7, 11) is 0. The minimum atomic E-state index is -0.235. The molecule has 6 heteroatoms.